The number of benzene rings is 3. The summed E-state index contributed by atoms with van der Waals surface area (Å²) in [6.45, 7) is 0.285. The number of ether oxygens (including phenoxy) is 3. The first kappa shape index (κ1) is 21.8. The second-order valence-corrected chi connectivity index (χ2v) is 8.58. The predicted octanol–water partition coefficient (Wildman–Crippen LogP) is 5.72. The molecule has 2 aliphatic heterocycles. The summed E-state index contributed by atoms with van der Waals surface area (Å²) in [5.74, 6) is 0.735. The molecular formula is C30H21NO5. The van der Waals surface area contributed by atoms with Gasteiger partial charge in [0.25, 0.3) is 0 Å². The van der Waals surface area contributed by atoms with E-state index in [0.717, 1.165) is 16.8 Å². The van der Waals surface area contributed by atoms with Gasteiger partial charge in [0.2, 0.25) is 5.78 Å². The number of carbonyl (C=O) groups excluding carboxylic acids is 2. The minimum absolute atomic E-state index is 0.0999. The van der Waals surface area contributed by atoms with Crippen molar-refractivity contribution < 1.29 is 23.8 Å². The number of Topliss-reactive ketones (excluding diaryl/α,β-unsaturated/α-hetero) is 1. The SMILES string of the molecule is O=C1CC(c2ccccc2OCc2ccccn2)c2c(ccc3c2O/C(=C\c2ccccc2)C3=O)O1. The standard InChI is InChI=1S/C30H21NO5/c32-27-17-23(21-11-4-5-12-24(21)34-18-20-10-6-7-15-31-20)28-25(35-27)14-13-22-29(33)26(36-30(22)28)16-19-8-2-1-3-9-19/h1-16,23H,17-18H2/b26-16-. The first-order chi connectivity index (χ1) is 17.7. The van der Waals surface area contributed by atoms with Crippen LogP contribution in [0.15, 0.2) is 96.9 Å². The Morgan fingerprint density at radius 2 is 1.69 bits per heavy atom. The van der Waals surface area contributed by atoms with Crippen LogP contribution in [0.25, 0.3) is 6.08 Å². The van der Waals surface area contributed by atoms with Gasteiger partial charge in [-0.1, -0.05) is 54.6 Å². The van der Waals surface area contributed by atoms with E-state index in [1.165, 1.54) is 0 Å². The van der Waals surface area contributed by atoms with Crippen LogP contribution in [0.4, 0.5) is 0 Å². The van der Waals surface area contributed by atoms with Crippen molar-refractivity contribution in [2.75, 3.05) is 0 Å². The molecule has 0 amide bonds. The molecule has 1 unspecified atom stereocenters. The van der Waals surface area contributed by atoms with Crippen LogP contribution in [0.3, 0.4) is 0 Å². The van der Waals surface area contributed by atoms with Crippen molar-refractivity contribution in [3.05, 3.63) is 125 Å². The fourth-order valence-electron chi connectivity index (χ4n) is 4.61. The number of hydrogen-bond donors (Lipinski definition) is 0. The number of aromatic nitrogens is 1. The molecule has 6 heteroatoms. The van der Waals surface area contributed by atoms with Gasteiger partial charge >= 0.3 is 5.97 Å². The number of rotatable bonds is 5. The molecule has 0 radical (unpaired) electrons. The summed E-state index contributed by atoms with van der Waals surface area (Å²) < 4.78 is 17.8. The van der Waals surface area contributed by atoms with Crippen molar-refractivity contribution in [1.82, 2.24) is 4.98 Å². The summed E-state index contributed by atoms with van der Waals surface area (Å²) in [6, 6.07) is 26.1. The van der Waals surface area contributed by atoms with E-state index in [9.17, 15) is 9.59 Å². The maximum absolute atomic E-state index is 13.2. The highest BCUT2D eigenvalue weighted by molar-refractivity contribution is 6.15. The number of hydrogen-bond acceptors (Lipinski definition) is 6. The summed E-state index contributed by atoms with van der Waals surface area (Å²) in [4.78, 5) is 30.1. The highest BCUT2D eigenvalue weighted by Crippen LogP contribution is 2.50. The minimum atomic E-state index is -0.403. The average Bonchev–Trinajstić information content (AvgIpc) is 3.23. The number of esters is 1. The van der Waals surface area contributed by atoms with Gasteiger partial charge in [-0.05, 0) is 42.0 Å². The molecule has 0 fully saturated rings. The maximum atomic E-state index is 13.2. The van der Waals surface area contributed by atoms with E-state index in [4.69, 9.17) is 14.2 Å². The molecule has 3 aromatic carbocycles. The highest BCUT2D eigenvalue weighted by atomic mass is 16.5. The van der Waals surface area contributed by atoms with Gasteiger partial charge in [-0.25, -0.2) is 0 Å². The van der Waals surface area contributed by atoms with Crippen molar-refractivity contribution in [2.45, 2.75) is 18.9 Å². The van der Waals surface area contributed by atoms with Crippen molar-refractivity contribution in [1.29, 1.82) is 0 Å². The smallest absolute Gasteiger partial charge is 0.312 e. The lowest BCUT2D eigenvalue weighted by Gasteiger charge is -2.27. The normalized spacial score (nSPS) is 17.2. The van der Waals surface area contributed by atoms with E-state index in [2.05, 4.69) is 4.98 Å². The Hall–Kier alpha value is -4.71. The molecule has 1 atom stereocenters. The van der Waals surface area contributed by atoms with Crippen LogP contribution in [0.1, 0.15) is 45.1 Å². The largest absolute Gasteiger partial charge is 0.487 e. The van der Waals surface area contributed by atoms with Crippen LogP contribution in [0.5, 0.6) is 17.2 Å². The second kappa shape index (κ2) is 9.15. The molecule has 0 saturated heterocycles. The molecule has 0 N–H and O–H groups in total. The van der Waals surface area contributed by atoms with Gasteiger partial charge in [-0.15, -0.1) is 0 Å². The number of pyridine rings is 1. The molecule has 4 aromatic rings. The Morgan fingerprint density at radius 1 is 0.889 bits per heavy atom. The van der Waals surface area contributed by atoms with Gasteiger partial charge in [0.05, 0.1) is 17.7 Å². The summed E-state index contributed by atoms with van der Waals surface area (Å²) in [7, 11) is 0. The van der Waals surface area contributed by atoms with Crippen LogP contribution in [0.2, 0.25) is 0 Å². The van der Waals surface area contributed by atoms with E-state index >= 15 is 0 Å². The zero-order chi connectivity index (χ0) is 24.5. The zero-order valence-corrected chi connectivity index (χ0v) is 19.2. The molecule has 2 aliphatic rings. The summed E-state index contributed by atoms with van der Waals surface area (Å²) >= 11 is 0. The Kier molecular flexibility index (Phi) is 5.54. The molecule has 1 aromatic heterocycles. The zero-order valence-electron chi connectivity index (χ0n) is 19.2. The van der Waals surface area contributed by atoms with E-state index in [1.54, 1.807) is 24.4 Å². The first-order valence-corrected chi connectivity index (χ1v) is 11.7. The number of nitrogens with zero attached hydrogens (tertiary/aromatic N) is 1. The number of fused-ring (bicyclic) bond motifs is 3. The molecule has 36 heavy (non-hydrogen) atoms. The molecule has 6 nitrogen and oxygen atoms in total. The molecule has 0 spiro atoms. The van der Waals surface area contributed by atoms with E-state index < -0.39 is 5.92 Å². The summed E-state index contributed by atoms with van der Waals surface area (Å²) in [5, 5.41) is 0. The fourth-order valence-corrected chi connectivity index (χ4v) is 4.61. The molecule has 0 saturated carbocycles. The Bertz CT molecular complexity index is 1490. The quantitative estimate of drug-likeness (QED) is 0.209. The van der Waals surface area contributed by atoms with Crippen LogP contribution < -0.4 is 14.2 Å². The Morgan fingerprint density at radius 3 is 2.53 bits per heavy atom. The minimum Gasteiger partial charge on any atom is -0.487 e. The van der Waals surface area contributed by atoms with Crippen LogP contribution >= 0.6 is 0 Å². The van der Waals surface area contributed by atoms with Gasteiger partial charge in [0.1, 0.15) is 23.9 Å². The predicted molar refractivity (Wildman–Crippen MR) is 133 cm³/mol. The average molecular weight is 476 g/mol. The monoisotopic (exact) mass is 475 g/mol. The molecule has 176 valence electrons. The maximum Gasteiger partial charge on any atom is 0.312 e. The third kappa shape index (κ3) is 4.03. The van der Waals surface area contributed by atoms with Gasteiger partial charge in [-0.2, -0.15) is 0 Å². The van der Waals surface area contributed by atoms with Crippen LogP contribution in [-0.2, 0) is 11.4 Å². The lowest BCUT2D eigenvalue weighted by molar-refractivity contribution is -0.135. The highest BCUT2D eigenvalue weighted by Gasteiger charge is 2.39. The molecule has 0 aliphatic carbocycles. The fraction of sp³-hybridized carbons (Fsp3) is 0.100. The number of carbonyl (C=O) groups is 2. The van der Waals surface area contributed by atoms with Crippen molar-refractivity contribution in [3.63, 3.8) is 0 Å². The number of allylic oxidation sites excluding steroid dienone is 1. The third-order valence-electron chi connectivity index (χ3n) is 6.27. The molecule has 0 bridgehead atoms. The Labute approximate surface area is 207 Å². The topological polar surface area (TPSA) is 74.7 Å². The second-order valence-electron chi connectivity index (χ2n) is 8.58. The molecule has 6 rings (SSSR count). The van der Waals surface area contributed by atoms with Gasteiger partial charge in [-0.3, -0.25) is 14.6 Å². The number of para-hydroxylation sites is 1. The van der Waals surface area contributed by atoms with E-state index in [-0.39, 0.29) is 30.5 Å². The molecular weight excluding hydrogens is 454 g/mol. The van der Waals surface area contributed by atoms with Gasteiger partial charge in [0.15, 0.2) is 5.76 Å². The lowest BCUT2D eigenvalue weighted by Crippen LogP contribution is -2.22. The first-order valence-electron chi connectivity index (χ1n) is 11.7. The molecule has 3 heterocycles. The van der Waals surface area contributed by atoms with E-state index in [1.807, 2.05) is 72.8 Å². The summed E-state index contributed by atoms with van der Waals surface area (Å²) in [6.07, 6.45) is 3.54. The van der Waals surface area contributed by atoms with E-state index in [0.29, 0.717) is 28.4 Å². The van der Waals surface area contributed by atoms with Crippen LogP contribution in [0, 0.1) is 0 Å². The van der Waals surface area contributed by atoms with Gasteiger partial charge in [0, 0.05) is 23.2 Å². The van der Waals surface area contributed by atoms with Crippen LogP contribution in [-0.4, -0.2) is 16.7 Å². The number of ketones is 1. The third-order valence-corrected chi connectivity index (χ3v) is 6.27. The van der Waals surface area contributed by atoms with Crippen molar-refractivity contribution in [3.8, 4) is 17.2 Å². The van der Waals surface area contributed by atoms with Crippen molar-refractivity contribution >= 4 is 17.8 Å². The lowest BCUT2D eigenvalue weighted by atomic mass is 9.84. The summed E-state index contributed by atoms with van der Waals surface area (Å²) in [5.41, 5.74) is 3.59. The van der Waals surface area contributed by atoms with Crippen molar-refractivity contribution in [2.24, 2.45) is 0 Å². The Balaban J connectivity index is 1.40. The van der Waals surface area contributed by atoms with Gasteiger partial charge < -0.3 is 14.2 Å².